The largest absolute Gasteiger partial charge is 0.444 e. The van der Waals surface area contributed by atoms with Crippen molar-refractivity contribution in [1.82, 2.24) is 9.88 Å². The molecule has 0 fully saturated rings. The molecule has 1 amide bonds. The lowest BCUT2D eigenvalue weighted by atomic mass is 10.1. The molecule has 0 atom stereocenters. The Morgan fingerprint density at radius 3 is 2.61 bits per heavy atom. The predicted molar refractivity (Wildman–Crippen MR) is 112 cm³/mol. The second-order valence-electron chi connectivity index (χ2n) is 7.76. The van der Waals surface area contributed by atoms with Crippen molar-refractivity contribution in [2.45, 2.75) is 39.3 Å². The molecule has 1 N–H and O–H groups in total. The summed E-state index contributed by atoms with van der Waals surface area (Å²) in [6, 6.07) is 16.0. The lowest BCUT2D eigenvalue weighted by Crippen LogP contribution is -2.33. The van der Waals surface area contributed by atoms with E-state index in [0.717, 1.165) is 23.0 Å². The van der Waals surface area contributed by atoms with Gasteiger partial charge in [0.25, 0.3) is 0 Å². The molecule has 0 bridgehead atoms. The number of carbonyl (C=O) groups excluding carboxylic acids is 1. The molecule has 0 spiro atoms. The molecule has 0 aliphatic rings. The monoisotopic (exact) mass is 375 g/mol. The van der Waals surface area contributed by atoms with Gasteiger partial charge in [0.15, 0.2) is 5.69 Å². The smallest absolute Gasteiger partial charge is 0.407 e. The van der Waals surface area contributed by atoms with Crippen LogP contribution in [0.4, 0.5) is 10.5 Å². The summed E-state index contributed by atoms with van der Waals surface area (Å²) in [5.41, 5.74) is 3.49. The molecule has 1 heterocycles. The van der Waals surface area contributed by atoms with Crippen molar-refractivity contribution in [1.29, 1.82) is 0 Å². The first-order valence-corrected chi connectivity index (χ1v) is 9.36. The van der Waals surface area contributed by atoms with Crippen LogP contribution >= 0.6 is 0 Å². The second-order valence-corrected chi connectivity index (χ2v) is 7.76. The van der Waals surface area contributed by atoms with E-state index in [0.29, 0.717) is 18.7 Å². The fourth-order valence-electron chi connectivity index (χ4n) is 3.15. The first-order chi connectivity index (χ1) is 13.4. The van der Waals surface area contributed by atoms with Crippen LogP contribution in [0.15, 0.2) is 54.7 Å². The molecule has 0 unspecified atom stereocenters. The van der Waals surface area contributed by atoms with E-state index in [1.807, 2.05) is 57.2 Å². The molecule has 3 rings (SSSR count). The number of ether oxygens (including phenoxy) is 1. The zero-order chi connectivity index (χ0) is 20.1. The molecular weight excluding hydrogens is 350 g/mol. The van der Waals surface area contributed by atoms with Crippen molar-refractivity contribution in [2.24, 2.45) is 0 Å². The Morgan fingerprint density at radius 2 is 1.93 bits per heavy atom. The number of rotatable bonds is 5. The van der Waals surface area contributed by atoms with Gasteiger partial charge in [-0.05, 0) is 44.4 Å². The highest BCUT2D eigenvalue weighted by atomic mass is 16.6. The highest BCUT2D eigenvalue weighted by Gasteiger charge is 2.16. The molecule has 0 radical (unpaired) electrons. The van der Waals surface area contributed by atoms with E-state index in [4.69, 9.17) is 11.3 Å². The minimum atomic E-state index is -0.508. The number of alkyl carbamates (subject to hydrolysis) is 1. The lowest BCUT2D eigenvalue weighted by Gasteiger charge is -2.19. The maximum Gasteiger partial charge on any atom is 0.407 e. The maximum absolute atomic E-state index is 11.9. The number of nitrogens with zero attached hydrogens (tertiary/aromatic N) is 2. The Morgan fingerprint density at radius 1 is 1.18 bits per heavy atom. The number of hydrogen-bond donors (Lipinski definition) is 1. The Kier molecular flexibility index (Phi) is 5.70. The molecule has 5 nitrogen and oxygen atoms in total. The first-order valence-electron chi connectivity index (χ1n) is 9.36. The summed E-state index contributed by atoms with van der Waals surface area (Å²) in [5, 5.41) is 3.92. The van der Waals surface area contributed by atoms with Crippen molar-refractivity contribution in [3.8, 4) is 0 Å². The van der Waals surface area contributed by atoms with Crippen LogP contribution in [0.2, 0.25) is 0 Å². The van der Waals surface area contributed by atoms with E-state index in [-0.39, 0.29) is 0 Å². The minimum absolute atomic E-state index is 0.407. The molecule has 0 saturated heterocycles. The van der Waals surface area contributed by atoms with Crippen LogP contribution in [0.25, 0.3) is 15.7 Å². The van der Waals surface area contributed by atoms with E-state index in [1.54, 1.807) is 0 Å². The molecule has 144 valence electrons. The number of nitrogens with one attached hydrogen (secondary N) is 1. The van der Waals surface area contributed by atoms with Crippen LogP contribution in [0.5, 0.6) is 0 Å². The summed E-state index contributed by atoms with van der Waals surface area (Å²) in [6.45, 7) is 14.1. The molecule has 28 heavy (non-hydrogen) atoms. The SMILES string of the molecule is [C-]#[N+]c1ccc2c(CCNC(=O)OC(C)(C)C)cn(Cc3ccccc3)c2c1. The van der Waals surface area contributed by atoms with Crippen LogP contribution < -0.4 is 5.32 Å². The number of hydrogen-bond acceptors (Lipinski definition) is 2. The van der Waals surface area contributed by atoms with E-state index in [9.17, 15) is 4.79 Å². The van der Waals surface area contributed by atoms with Gasteiger partial charge < -0.3 is 14.6 Å². The van der Waals surface area contributed by atoms with Crippen LogP contribution in [-0.4, -0.2) is 22.8 Å². The van der Waals surface area contributed by atoms with Gasteiger partial charge >= 0.3 is 6.09 Å². The molecule has 1 aromatic heterocycles. The molecular formula is C23H25N3O2. The van der Waals surface area contributed by atoms with Gasteiger partial charge in [0.05, 0.1) is 6.57 Å². The Balaban J connectivity index is 1.80. The molecule has 3 aromatic rings. The normalized spacial score (nSPS) is 11.2. The summed E-state index contributed by atoms with van der Waals surface area (Å²) in [4.78, 5) is 15.4. The Labute approximate surface area is 165 Å². The topological polar surface area (TPSA) is 47.6 Å². The fraction of sp³-hybridized carbons (Fsp3) is 0.304. The molecule has 0 saturated carbocycles. The van der Waals surface area contributed by atoms with Crippen LogP contribution in [0.1, 0.15) is 31.9 Å². The molecule has 5 heteroatoms. The van der Waals surface area contributed by atoms with Gasteiger partial charge in [-0.1, -0.05) is 42.5 Å². The van der Waals surface area contributed by atoms with E-state index in [1.165, 1.54) is 5.56 Å². The third-order valence-corrected chi connectivity index (χ3v) is 4.34. The average molecular weight is 375 g/mol. The van der Waals surface area contributed by atoms with Crippen molar-refractivity contribution in [3.05, 3.63) is 77.3 Å². The third-order valence-electron chi connectivity index (χ3n) is 4.34. The van der Waals surface area contributed by atoms with Gasteiger partial charge in [0.2, 0.25) is 0 Å². The van der Waals surface area contributed by atoms with Crippen LogP contribution in [0.3, 0.4) is 0 Å². The summed E-state index contributed by atoms with van der Waals surface area (Å²) >= 11 is 0. The van der Waals surface area contributed by atoms with Crippen molar-refractivity contribution < 1.29 is 9.53 Å². The van der Waals surface area contributed by atoms with Crippen LogP contribution in [0, 0.1) is 6.57 Å². The Hall–Kier alpha value is -3.26. The minimum Gasteiger partial charge on any atom is -0.444 e. The van der Waals surface area contributed by atoms with Crippen LogP contribution in [-0.2, 0) is 17.7 Å². The zero-order valence-electron chi connectivity index (χ0n) is 16.5. The summed E-state index contributed by atoms with van der Waals surface area (Å²) in [6.07, 6.45) is 2.40. The number of carbonyl (C=O) groups is 1. The molecule has 2 aromatic carbocycles. The van der Waals surface area contributed by atoms with E-state index in [2.05, 4.69) is 33.1 Å². The van der Waals surface area contributed by atoms with Gasteiger partial charge in [-0.2, -0.15) is 0 Å². The van der Waals surface area contributed by atoms with Gasteiger partial charge in [0, 0.05) is 30.2 Å². The quantitative estimate of drug-likeness (QED) is 0.615. The van der Waals surface area contributed by atoms with E-state index >= 15 is 0 Å². The summed E-state index contributed by atoms with van der Waals surface area (Å²) in [5.74, 6) is 0. The highest BCUT2D eigenvalue weighted by Crippen LogP contribution is 2.27. The van der Waals surface area contributed by atoms with Crippen molar-refractivity contribution >= 4 is 22.7 Å². The van der Waals surface area contributed by atoms with Gasteiger partial charge in [-0.3, -0.25) is 0 Å². The Bertz CT molecular complexity index is 1010. The highest BCUT2D eigenvalue weighted by molar-refractivity contribution is 5.87. The number of fused-ring (bicyclic) bond motifs is 1. The number of aromatic nitrogens is 1. The van der Waals surface area contributed by atoms with Crippen molar-refractivity contribution in [2.75, 3.05) is 6.54 Å². The lowest BCUT2D eigenvalue weighted by molar-refractivity contribution is 0.0528. The van der Waals surface area contributed by atoms with Gasteiger partial charge in [0.1, 0.15) is 5.60 Å². The number of benzene rings is 2. The van der Waals surface area contributed by atoms with Gasteiger partial charge in [-0.25, -0.2) is 9.64 Å². The predicted octanol–water partition coefficient (Wildman–Crippen LogP) is 5.31. The number of amides is 1. The fourth-order valence-corrected chi connectivity index (χ4v) is 3.15. The third kappa shape index (κ3) is 4.92. The van der Waals surface area contributed by atoms with Crippen molar-refractivity contribution in [3.63, 3.8) is 0 Å². The standard InChI is InChI=1S/C23H25N3O2/c1-23(2,3)28-22(27)25-13-12-18-16-26(15-17-8-6-5-7-9-17)21-14-19(24-4)10-11-20(18)21/h5-11,14,16H,12-13,15H2,1-3H3,(H,25,27). The molecule has 0 aliphatic heterocycles. The van der Waals surface area contributed by atoms with E-state index < -0.39 is 11.7 Å². The molecule has 0 aliphatic carbocycles. The summed E-state index contributed by atoms with van der Waals surface area (Å²) in [7, 11) is 0. The zero-order valence-corrected chi connectivity index (χ0v) is 16.5. The maximum atomic E-state index is 11.9. The van der Waals surface area contributed by atoms with Gasteiger partial charge in [-0.15, -0.1) is 0 Å². The second kappa shape index (κ2) is 8.18. The first kappa shape index (κ1) is 19.5. The average Bonchev–Trinajstić information content (AvgIpc) is 2.98. The summed E-state index contributed by atoms with van der Waals surface area (Å²) < 4.78 is 7.46.